The number of halogens is 2. The number of fused-ring (bicyclic) bond motifs is 1. The molecule has 5 nitrogen and oxygen atoms in total. The van der Waals surface area contributed by atoms with Crippen molar-refractivity contribution in [2.24, 2.45) is 0 Å². The van der Waals surface area contributed by atoms with Crippen molar-refractivity contribution < 1.29 is 4.79 Å². The number of nitrogens with one attached hydrogen (secondary N) is 3. The van der Waals surface area contributed by atoms with Gasteiger partial charge in [0.25, 0.3) is 0 Å². The summed E-state index contributed by atoms with van der Waals surface area (Å²) in [6.07, 6.45) is 5.62. The summed E-state index contributed by atoms with van der Waals surface area (Å²) < 4.78 is 0. The number of urea groups is 1. The molecule has 3 aromatic rings. The predicted molar refractivity (Wildman–Crippen MR) is 120 cm³/mol. The predicted octanol–water partition coefficient (Wildman–Crippen LogP) is 6.09. The number of rotatable bonds is 4. The van der Waals surface area contributed by atoms with E-state index in [1.165, 1.54) is 0 Å². The van der Waals surface area contributed by atoms with E-state index in [2.05, 4.69) is 20.9 Å². The molecule has 2 aromatic carbocycles. The smallest absolute Gasteiger partial charge is 0.319 e. The van der Waals surface area contributed by atoms with Crippen molar-refractivity contribution in [2.45, 2.75) is 37.8 Å². The van der Waals surface area contributed by atoms with E-state index < -0.39 is 0 Å². The lowest BCUT2D eigenvalue weighted by atomic mass is 9.91. The number of pyridine rings is 1. The zero-order valence-electron chi connectivity index (χ0n) is 15.8. The van der Waals surface area contributed by atoms with Crippen LogP contribution in [0, 0.1) is 0 Å². The Kier molecular flexibility index (Phi) is 6.07. The van der Waals surface area contributed by atoms with E-state index in [1.807, 2.05) is 36.4 Å². The van der Waals surface area contributed by atoms with Crippen molar-refractivity contribution in [1.29, 1.82) is 0 Å². The zero-order valence-corrected chi connectivity index (χ0v) is 17.3. The summed E-state index contributed by atoms with van der Waals surface area (Å²) in [6.45, 7) is 0. The molecule has 1 fully saturated rings. The van der Waals surface area contributed by atoms with Crippen LogP contribution in [0.15, 0.2) is 54.7 Å². The summed E-state index contributed by atoms with van der Waals surface area (Å²) >= 11 is 12.0. The molecule has 150 valence electrons. The molecule has 0 spiro atoms. The molecule has 0 bridgehead atoms. The van der Waals surface area contributed by atoms with Gasteiger partial charge in [0.15, 0.2) is 0 Å². The minimum atomic E-state index is -0.194. The third kappa shape index (κ3) is 5.11. The third-order valence-corrected chi connectivity index (χ3v) is 5.68. The average molecular weight is 429 g/mol. The lowest BCUT2D eigenvalue weighted by Gasteiger charge is -2.30. The van der Waals surface area contributed by atoms with Crippen molar-refractivity contribution in [3.63, 3.8) is 0 Å². The number of amides is 2. The molecular weight excluding hydrogens is 407 g/mol. The van der Waals surface area contributed by atoms with Crippen LogP contribution in [-0.4, -0.2) is 23.1 Å². The minimum absolute atomic E-state index is 0.167. The number of benzene rings is 2. The number of aromatic nitrogens is 1. The normalized spacial score (nSPS) is 19.0. The highest BCUT2D eigenvalue weighted by Crippen LogP contribution is 2.28. The molecular formula is C22H22Cl2N4O. The molecule has 2 amide bonds. The SMILES string of the molecule is O=C(Nc1cccc(Cl)c1)NC1CCC(Nc2ccnc3cc(Cl)ccc23)CC1. The van der Waals surface area contributed by atoms with Gasteiger partial charge in [-0.05, 0) is 68.1 Å². The summed E-state index contributed by atoms with van der Waals surface area (Å²) in [5.41, 5.74) is 2.65. The lowest BCUT2D eigenvalue weighted by Crippen LogP contribution is -2.42. The van der Waals surface area contributed by atoms with Gasteiger partial charge >= 0.3 is 6.03 Å². The van der Waals surface area contributed by atoms with Gasteiger partial charge in [-0.1, -0.05) is 29.3 Å². The standard InChI is InChI=1S/C22H22Cl2N4O/c23-14-2-1-3-18(12-14)28-22(29)27-17-7-5-16(6-8-17)26-20-10-11-25-21-13-15(24)4-9-19(20)21/h1-4,9-13,16-17H,5-8H2,(H,25,26)(H2,27,28,29). The van der Waals surface area contributed by atoms with Gasteiger partial charge < -0.3 is 16.0 Å². The van der Waals surface area contributed by atoms with Crippen LogP contribution in [0.4, 0.5) is 16.2 Å². The second kappa shape index (κ2) is 8.89. The van der Waals surface area contributed by atoms with Gasteiger partial charge in [-0.2, -0.15) is 0 Å². The second-order valence-corrected chi connectivity index (χ2v) is 8.19. The highest BCUT2D eigenvalue weighted by molar-refractivity contribution is 6.31. The molecule has 29 heavy (non-hydrogen) atoms. The molecule has 1 aromatic heterocycles. The van der Waals surface area contributed by atoms with Crippen LogP contribution in [0.5, 0.6) is 0 Å². The quantitative estimate of drug-likeness (QED) is 0.471. The minimum Gasteiger partial charge on any atom is -0.382 e. The Morgan fingerprint density at radius 1 is 0.931 bits per heavy atom. The van der Waals surface area contributed by atoms with Gasteiger partial charge in [0.1, 0.15) is 0 Å². The summed E-state index contributed by atoms with van der Waals surface area (Å²) in [4.78, 5) is 16.6. The summed E-state index contributed by atoms with van der Waals surface area (Å²) in [5, 5.41) is 11.9. The van der Waals surface area contributed by atoms with Crippen molar-refractivity contribution >= 4 is 51.5 Å². The van der Waals surface area contributed by atoms with Crippen molar-refractivity contribution in [1.82, 2.24) is 10.3 Å². The maximum Gasteiger partial charge on any atom is 0.319 e. The molecule has 0 unspecified atom stereocenters. The van der Waals surface area contributed by atoms with E-state index in [1.54, 1.807) is 18.3 Å². The second-order valence-electron chi connectivity index (χ2n) is 7.32. The maximum atomic E-state index is 12.2. The Hall–Kier alpha value is -2.50. The number of carbonyl (C=O) groups is 1. The largest absolute Gasteiger partial charge is 0.382 e. The summed E-state index contributed by atoms with van der Waals surface area (Å²) in [5.74, 6) is 0. The molecule has 1 heterocycles. The Bertz CT molecular complexity index is 1020. The van der Waals surface area contributed by atoms with Gasteiger partial charge in [-0.3, -0.25) is 4.98 Å². The number of hydrogen-bond donors (Lipinski definition) is 3. The lowest BCUT2D eigenvalue weighted by molar-refractivity contribution is 0.243. The molecule has 7 heteroatoms. The van der Waals surface area contributed by atoms with Gasteiger partial charge in [0.2, 0.25) is 0 Å². The molecule has 1 aliphatic carbocycles. The van der Waals surface area contributed by atoms with Crippen LogP contribution in [-0.2, 0) is 0 Å². The first kappa shape index (κ1) is 19.8. The first-order valence-electron chi connectivity index (χ1n) is 9.71. The number of anilines is 2. The van der Waals surface area contributed by atoms with Gasteiger partial charge in [0, 0.05) is 45.1 Å². The number of hydrogen-bond acceptors (Lipinski definition) is 3. The Morgan fingerprint density at radius 2 is 1.69 bits per heavy atom. The fourth-order valence-corrected chi connectivity index (χ4v) is 4.12. The van der Waals surface area contributed by atoms with Crippen molar-refractivity contribution in [3.8, 4) is 0 Å². The number of nitrogens with zero attached hydrogens (tertiary/aromatic N) is 1. The van der Waals surface area contributed by atoms with E-state index in [-0.39, 0.29) is 12.1 Å². The maximum absolute atomic E-state index is 12.2. The van der Waals surface area contributed by atoms with Crippen LogP contribution in [0.2, 0.25) is 10.0 Å². The highest BCUT2D eigenvalue weighted by Gasteiger charge is 2.23. The van der Waals surface area contributed by atoms with Crippen LogP contribution in [0.1, 0.15) is 25.7 Å². The Morgan fingerprint density at radius 3 is 2.48 bits per heavy atom. The molecule has 0 aliphatic heterocycles. The van der Waals surface area contributed by atoms with E-state index in [4.69, 9.17) is 23.2 Å². The van der Waals surface area contributed by atoms with E-state index in [9.17, 15) is 4.79 Å². The van der Waals surface area contributed by atoms with Crippen molar-refractivity contribution in [3.05, 3.63) is 64.8 Å². The topological polar surface area (TPSA) is 66.1 Å². The van der Waals surface area contributed by atoms with Crippen LogP contribution < -0.4 is 16.0 Å². The number of carbonyl (C=O) groups excluding carboxylic acids is 1. The first-order chi connectivity index (χ1) is 14.1. The molecule has 3 N–H and O–H groups in total. The summed E-state index contributed by atoms with van der Waals surface area (Å²) in [7, 11) is 0. The fraction of sp³-hybridized carbons (Fsp3) is 0.273. The van der Waals surface area contributed by atoms with Gasteiger partial charge in [-0.25, -0.2) is 4.79 Å². The monoisotopic (exact) mass is 428 g/mol. The molecule has 0 saturated heterocycles. The molecule has 0 atom stereocenters. The molecule has 1 aliphatic rings. The fourth-order valence-electron chi connectivity index (χ4n) is 3.77. The molecule has 4 rings (SSSR count). The highest BCUT2D eigenvalue weighted by atomic mass is 35.5. The van der Waals surface area contributed by atoms with Crippen molar-refractivity contribution in [2.75, 3.05) is 10.6 Å². The molecule has 0 radical (unpaired) electrons. The van der Waals surface area contributed by atoms with Crippen LogP contribution in [0.3, 0.4) is 0 Å². The zero-order chi connectivity index (χ0) is 20.2. The van der Waals surface area contributed by atoms with E-state index >= 15 is 0 Å². The first-order valence-corrected chi connectivity index (χ1v) is 10.5. The summed E-state index contributed by atoms with van der Waals surface area (Å²) in [6, 6.07) is 15.2. The van der Waals surface area contributed by atoms with Gasteiger partial charge in [-0.15, -0.1) is 0 Å². The molecule has 1 saturated carbocycles. The Labute approximate surface area is 179 Å². The Balaban J connectivity index is 1.30. The average Bonchev–Trinajstić information content (AvgIpc) is 2.69. The third-order valence-electron chi connectivity index (χ3n) is 5.21. The van der Waals surface area contributed by atoms with E-state index in [0.717, 1.165) is 42.3 Å². The van der Waals surface area contributed by atoms with Crippen LogP contribution in [0.25, 0.3) is 10.9 Å². The van der Waals surface area contributed by atoms with Gasteiger partial charge in [0.05, 0.1) is 5.52 Å². The van der Waals surface area contributed by atoms with Crippen LogP contribution >= 0.6 is 23.2 Å². The van der Waals surface area contributed by atoms with E-state index in [0.29, 0.717) is 21.8 Å².